The molecule has 2 N–H and O–H groups in total. The molecule has 1 unspecified atom stereocenters. The van der Waals surface area contributed by atoms with E-state index in [0.717, 1.165) is 11.1 Å². The van der Waals surface area contributed by atoms with Crippen LogP contribution in [-0.2, 0) is 11.3 Å². The molecule has 22 heavy (non-hydrogen) atoms. The Labute approximate surface area is 129 Å². The zero-order valence-corrected chi connectivity index (χ0v) is 12.5. The number of aliphatic carboxylic acids is 1. The maximum atomic E-state index is 12.4. The molecule has 114 valence electrons. The van der Waals surface area contributed by atoms with Gasteiger partial charge in [0, 0.05) is 12.1 Å². The predicted octanol–water partition coefficient (Wildman–Crippen LogP) is 2.81. The van der Waals surface area contributed by atoms with Crippen molar-refractivity contribution in [1.82, 2.24) is 5.32 Å². The van der Waals surface area contributed by atoms with Gasteiger partial charge in [-0.2, -0.15) is 0 Å². The summed E-state index contributed by atoms with van der Waals surface area (Å²) in [5.74, 6) is -1.19. The molecule has 4 nitrogen and oxygen atoms in total. The van der Waals surface area contributed by atoms with Gasteiger partial charge in [0.15, 0.2) is 5.78 Å². The lowest BCUT2D eigenvalue weighted by Gasteiger charge is -2.16. The number of carbonyl (C=O) groups is 2. The third-order valence-corrected chi connectivity index (χ3v) is 3.43. The summed E-state index contributed by atoms with van der Waals surface area (Å²) in [5, 5.41) is 12.1. The Balaban J connectivity index is 2.07. The Kier molecular flexibility index (Phi) is 5.44. The summed E-state index contributed by atoms with van der Waals surface area (Å²) in [6.45, 7) is 2.46. The van der Waals surface area contributed by atoms with Crippen LogP contribution in [0.3, 0.4) is 0 Å². The molecule has 0 bridgehead atoms. The highest BCUT2D eigenvalue weighted by atomic mass is 16.4. The minimum Gasteiger partial charge on any atom is -0.481 e. The fourth-order valence-electron chi connectivity index (χ4n) is 2.18. The highest BCUT2D eigenvalue weighted by molar-refractivity contribution is 6.01. The van der Waals surface area contributed by atoms with Gasteiger partial charge in [-0.05, 0) is 12.5 Å². The molecule has 0 saturated carbocycles. The van der Waals surface area contributed by atoms with Crippen molar-refractivity contribution in [3.63, 3.8) is 0 Å². The van der Waals surface area contributed by atoms with Gasteiger partial charge >= 0.3 is 5.97 Å². The first-order valence-corrected chi connectivity index (χ1v) is 7.16. The highest BCUT2D eigenvalue weighted by Gasteiger charge is 2.22. The number of carboxylic acids is 1. The average Bonchev–Trinajstić information content (AvgIpc) is 2.53. The van der Waals surface area contributed by atoms with Crippen molar-refractivity contribution in [1.29, 1.82) is 0 Å². The molecule has 0 aliphatic heterocycles. The fourth-order valence-corrected chi connectivity index (χ4v) is 2.18. The minimum absolute atomic E-state index is 0.199. The standard InChI is InChI=1S/C18H19NO3/c1-13-7-9-14(10-8-13)12-19-16(11-17(20)21)18(22)15-5-3-2-4-6-15/h2-10,16,19H,11-12H2,1H3,(H,20,21). The van der Waals surface area contributed by atoms with E-state index >= 15 is 0 Å². The van der Waals surface area contributed by atoms with Crippen molar-refractivity contribution in [3.05, 3.63) is 71.3 Å². The Morgan fingerprint density at radius 1 is 1.05 bits per heavy atom. The first-order chi connectivity index (χ1) is 10.6. The average molecular weight is 297 g/mol. The maximum absolute atomic E-state index is 12.4. The van der Waals surface area contributed by atoms with Crippen LogP contribution in [0.2, 0.25) is 0 Å². The molecule has 2 aromatic rings. The number of nitrogens with one attached hydrogen (secondary N) is 1. The molecule has 2 rings (SSSR count). The molecular formula is C18H19NO3. The third-order valence-electron chi connectivity index (χ3n) is 3.43. The van der Waals surface area contributed by atoms with Gasteiger partial charge in [-0.15, -0.1) is 0 Å². The number of benzene rings is 2. The SMILES string of the molecule is Cc1ccc(CNC(CC(=O)O)C(=O)c2ccccc2)cc1. The van der Waals surface area contributed by atoms with Crippen LogP contribution in [-0.4, -0.2) is 22.9 Å². The van der Waals surface area contributed by atoms with Crippen LogP contribution < -0.4 is 5.32 Å². The van der Waals surface area contributed by atoms with Crippen molar-refractivity contribution in [2.45, 2.75) is 25.9 Å². The number of hydrogen-bond acceptors (Lipinski definition) is 3. The number of aryl methyl sites for hydroxylation is 1. The molecule has 0 amide bonds. The number of Topliss-reactive ketones (excluding diaryl/α,β-unsaturated/α-hetero) is 1. The quantitative estimate of drug-likeness (QED) is 0.771. The van der Waals surface area contributed by atoms with Gasteiger partial charge in [0.1, 0.15) is 0 Å². The predicted molar refractivity (Wildman–Crippen MR) is 84.8 cm³/mol. The summed E-state index contributed by atoms with van der Waals surface area (Å²) in [6, 6.07) is 15.9. The summed E-state index contributed by atoms with van der Waals surface area (Å²) in [6.07, 6.45) is -0.237. The molecule has 4 heteroatoms. The molecule has 0 heterocycles. The molecule has 0 aliphatic rings. The first kappa shape index (κ1) is 15.9. The molecule has 0 aromatic heterocycles. The lowest BCUT2D eigenvalue weighted by molar-refractivity contribution is -0.137. The van der Waals surface area contributed by atoms with E-state index in [0.29, 0.717) is 12.1 Å². The zero-order valence-electron chi connectivity index (χ0n) is 12.5. The summed E-state index contributed by atoms with van der Waals surface area (Å²) in [5.41, 5.74) is 2.69. The van der Waals surface area contributed by atoms with Crippen LogP contribution in [0, 0.1) is 6.92 Å². The van der Waals surface area contributed by atoms with E-state index in [-0.39, 0.29) is 12.2 Å². The third kappa shape index (κ3) is 4.53. The second-order valence-corrected chi connectivity index (χ2v) is 5.25. The second kappa shape index (κ2) is 7.52. The Hall–Kier alpha value is -2.46. The Morgan fingerprint density at radius 2 is 1.68 bits per heavy atom. The van der Waals surface area contributed by atoms with Crippen molar-refractivity contribution in [3.8, 4) is 0 Å². The van der Waals surface area contributed by atoms with Crippen LogP contribution >= 0.6 is 0 Å². The monoisotopic (exact) mass is 297 g/mol. The summed E-state index contributed by atoms with van der Waals surface area (Å²) in [4.78, 5) is 23.4. The molecular weight excluding hydrogens is 278 g/mol. The zero-order chi connectivity index (χ0) is 15.9. The fraction of sp³-hybridized carbons (Fsp3) is 0.222. The van der Waals surface area contributed by atoms with Gasteiger partial charge in [-0.3, -0.25) is 9.59 Å². The number of hydrogen-bond donors (Lipinski definition) is 2. The molecule has 1 atom stereocenters. The van der Waals surface area contributed by atoms with Gasteiger partial charge < -0.3 is 10.4 Å². The lowest BCUT2D eigenvalue weighted by atomic mass is 10.0. The largest absolute Gasteiger partial charge is 0.481 e. The van der Waals surface area contributed by atoms with Crippen molar-refractivity contribution >= 4 is 11.8 Å². The van der Waals surface area contributed by atoms with Crippen LogP contribution in [0.5, 0.6) is 0 Å². The minimum atomic E-state index is -0.995. The number of ketones is 1. The van der Waals surface area contributed by atoms with Crippen molar-refractivity contribution < 1.29 is 14.7 Å². The number of rotatable bonds is 7. The maximum Gasteiger partial charge on any atom is 0.305 e. The summed E-state index contributed by atoms with van der Waals surface area (Å²) < 4.78 is 0. The first-order valence-electron chi connectivity index (χ1n) is 7.16. The van der Waals surface area contributed by atoms with Crippen LogP contribution in [0.15, 0.2) is 54.6 Å². The van der Waals surface area contributed by atoms with E-state index in [1.165, 1.54) is 0 Å². The van der Waals surface area contributed by atoms with E-state index in [1.54, 1.807) is 24.3 Å². The van der Waals surface area contributed by atoms with E-state index < -0.39 is 12.0 Å². The molecule has 0 aliphatic carbocycles. The van der Waals surface area contributed by atoms with E-state index in [9.17, 15) is 9.59 Å². The molecule has 0 saturated heterocycles. The smallest absolute Gasteiger partial charge is 0.305 e. The summed E-state index contributed by atoms with van der Waals surface area (Å²) >= 11 is 0. The second-order valence-electron chi connectivity index (χ2n) is 5.25. The lowest BCUT2D eigenvalue weighted by Crippen LogP contribution is -2.38. The van der Waals surface area contributed by atoms with Crippen LogP contribution in [0.1, 0.15) is 27.9 Å². The van der Waals surface area contributed by atoms with Gasteiger partial charge in [-0.25, -0.2) is 0 Å². The molecule has 0 radical (unpaired) electrons. The van der Waals surface area contributed by atoms with Crippen LogP contribution in [0.4, 0.5) is 0 Å². The number of carbonyl (C=O) groups excluding carboxylic acids is 1. The topological polar surface area (TPSA) is 66.4 Å². The Bertz CT molecular complexity index is 635. The van der Waals surface area contributed by atoms with Gasteiger partial charge in [0.25, 0.3) is 0 Å². The summed E-state index contributed by atoms with van der Waals surface area (Å²) in [7, 11) is 0. The highest BCUT2D eigenvalue weighted by Crippen LogP contribution is 2.09. The van der Waals surface area contributed by atoms with Gasteiger partial charge in [0.2, 0.25) is 0 Å². The van der Waals surface area contributed by atoms with Gasteiger partial charge in [-0.1, -0.05) is 60.2 Å². The molecule has 0 spiro atoms. The molecule has 2 aromatic carbocycles. The normalized spacial score (nSPS) is 11.9. The van der Waals surface area contributed by atoms with Gasteiger partial charge in [0.05, 0.1) is 12.5 Å². The number of carboxylic acid groups (broad SMARTS) is 1. The van der Waals surface area contributed by atoms with E-state index in [1.807, 2.05) is 37.3 Å². The Morgan fingerprint density at radius 3 is 2.27 bits per heavy atom. The van der Waals surface area contributed by atoms with Crippen molar-refractivity contribution in [2.75, 3.05) is 0 Å². The van der Waals surface area contributed by atoms with Crippen molar-refractivity contribution in [2.24, 2.45) is 0 Å². The van der Waals surface area contributed by atoms with Crippen LogP contribution in [0.25, 0.3) is 0 Å². The van der Waals surface area contributed by atoms with E-state index in [4.69, 9.17) is 5.11 Å². The molecule has 0 fully saturated rings. The van der Waals surface area contributed by atoms with E-state index in [2.05, 4.69) is 5.32 Å².